The highest BCUT2D eigenvalue weighted by Gasteiger charge is 2.28. The number of nitro benzene ring substituents is 1. The van der Waals surface area contributed by atoms with Gasteiger partial charge in [-0.1, -0.05) is 29.8 Å². The van der Waals surface area contributed by atoms with Crippen LogP contribution in [0.1, 0.15) is 10.4 Å². The third kappa shape index (κ3) is 3.72. The van der Waals surface area contributed by atoms with Gasteiger partial charge >= 0.3 is 0 Å². The van der Waals surface area contributed by atoms with Crippen LogP contribution >= 0.6 is 34.2 Å². The highest BCUT2D eigenvalue weighted by molar-refractivity contribution is 14.1. The number of nitrogens with zero attached hydrogens (tertiary/aromatic N) is 3. The van der Waals surface area contributed by atoms with E-state index in [1.54, 1.807) is 17.0 Å². The Hall–Kier alpha value is -1.87. The molecule has 0 saturated carbocycles. The maximum Gasteiger partial charge on any atom is 0.294 e. The monoisotopic (exact) mass is 471 g/mol. The van der Waals surface area contributed by atoms with E-state index in [-0.39, 0.29) is 11.6 Å². The van der Waals surface area contributed by atoms with Gasteiger partial charge in [0.05, 0.1) is 15.5 Å². The molecule has 8 heteroatoms. The molecular weight excluding hydrogens is 457 g/mol. The summed E-state index contributed by atoms with van der Waals surface area (Å²) in [4.78, 5) is 27.2. The zero-order chi connectivity index (χ0) is 18.0. The topological polar surface area (TPSA) is 66.7 Å². The number of anilines is 1. The summed E-state index contributed by atoms with van der Waals surface area (Å²) < 4.78 is 0.911. The van der Waals surface area contributed by atoms with Gasteiger partial charge in [0.2, 0.25) is 0 Å². The molecule has 2 aromatic rings. The Kier molecular flexibility index (Phi) is 5.43. The zero-order valence-corrected chi connectivity index (χ0v) is 16.1. The zero-order valence-electron chi connectivity index (χ0n) is 13.2. The van der Waals surface area contributed by atoms with Gasteiger partial charge in [-0.15, -0.1) is 0 Å². The third-order valence-corrected chi connectivity index (χ3v) is 5.40. The van der Waals surface area contributed by atoms with Crippen LogP contribution in [0.25, 0.3) is 0 Å². The first-order chi connectivity index (χ1) is 12.0. The molecule has 0 aliphatic carbocycles. The van der Waals surface area contributed by atoms with Crippen molar-refractivity contribution in [2.75, 3.05) is 31.1 Å². The summed E-state index contributed by atoms with van der Waals surface area (Å²) in [5, 5.41) is 11.6. The first kappa shape index (κ1) is 17.9. The maximum atomic E-state index is 12.7. The molecule has 1 aliphatic rings. The summed E-state index contributed by atoms with van der Waals surface area (Å²) in [5.74, 6) is -0.0155. The van der Waals surface area contributed by atoms with Crippen LogP contribution in [-0.4, -0.2) is 41.9 Å². The number of benzene rings is 2. The minimum atomic E-state index is -0.426. The van der Waals surface area contributed by atoms with Crippen molar-refractivity contribution in [3.05, 3.63) is 66.7 Å². The van der Waals surface area contributed by atoms with E-state index in [1.807, 2.05) is 29.2 Å². The Labute approximate surface area is 163 Å². The molecule has 1 heterocycles. The van der Waals surface area contributed by atoms with Crippen molar-refractivity contribution in [1.82, 2.24) is 4.90 Å². The molecule has 130 valence electrons. The fourth-order valence-corrected chi connectivity index (χ4v) is 3.81. The lowest BCUT2D eigenvalue weighted by molar-refractivity contribution is -0.384. The van der Waals surface area contributed by atoms with Crippen molar-refractivity contribution >= 4 is 51.5 Å². The lowest BCUT2D eigenvalue weighted by Gasteiger charge is -2.36. The lowest BCUT2D eigenvalue weighted by atomic mass is 10.1. The van der Waals surface area contributed by atoms with E-state index in [0.717, 1.165) is 3.57 Å². The van der Waals surface area contributed by atoms with Crippen molar-refractivity contribution in [2.24, 2.45) is 0 Å². The van der Waals surface area contributed by atoms with Gasteiger partial charge in [-0.3, -0.25) is 14.9 Å². The van der Waals surface area contributed by atoms with E-state index in [9.17, 15) is 14.9 Å². The second kappa shape index (κ2) is 7.57. The molecule has 25 heavy (non-hydrogen) atoms. The highest BCUT2D eigenvalue weighted by Crippen LogP contribution is 2.36. The van der Waals surface area contributed by atoms with Crippen LogP contribution in [0.2, 0.25) is 5.02 Å². The van der Waals surface area contributed by atoms with Gasteiger partial charge in [-0.05, 0) is 40.8 Å². The molecule has 1 saturated heterocycles. The molecule has 2 aromatic carbocycles. The van der Waals surface area contributed by atoms with Crippen LogP contribution in [0.3, 0.4) is 0 Å². The number of amides is 1. The predicted octanol–water partition coefficient (Wildman–Crippen LogP) is 3.82. The number of carbonyl (C=O) groups excluding carboxylic acids is 1. The second-order valence-corrected chi connectivity index (χ2v) is 7.19. The fourth-order valence-electron chi connectivity index (χ4n) is 2.90. The molecule has 0 bridgehead atoms. The van der Waals surface area contributed by atoms with Gasteiger partial charge in [0.15, 0.2) is 0 Å². The van der Waals surface area contributed by atoms with Crippen molar-refractivity contribution < 1.29 is 9.72 Å². The summed E-state index contributed by atoms with van der Waals surface area (Å²) in [6.07, 6.45) is 0. The van der Waals surface area contributed by atoms with Crippen molar-refractivity contribution in [3.8, 4) is 0 Å². The Morgan fingerprint density at radius 2 is 1.76 bits per heavy atom. The largest absolute Gasteiger partial charge is 0.361 e. The Balaban J connectivity index is 1.76. The van der Waals surface area contributed by atoms with Crippen LogP contribution in [-0.2, 0) is 0 Å². The van der Waals surface area contributed by atoms with Gasteiger partial charge in [-0.25, -0.2) is 0 Å². The van der Waals surface area contributed by atoms with E-state index in [1.165, 1.54) is 6.07 Å². The molecule has 0 atom stereocenters. The van der Waals surface area contributed by atoms with E-state index in [2.05, 4.69) is 22.6 Å². The van der Waals surface area contributed by atoms with Crippen LogP contribution in [0, 0.1) is 13.7 Å². The summed E-state index contributed by atoms with van der Waals surface area (Å²) in [7, 11) is 0. The van der Waals surface area contributed by atoms with Gasteiger partial charge < -0.3 is 9.80 Å². The SMILES string of the molecule is O=C(c1ccccc1I)N1CCN(c2c(Cl)cccc2[N+](=O)[O-])CC1. The van der Waals surface area contributed by atoms with Gasteiger partial charge in [0, 0.05) is 35.8 Å². The minimum Gasteiger partial charge on any atom is -0.361 e. The molecule has 0 aromatic heterocycles. The lowest BCUT2D eigenvalue weighted by Crippen LogP contribution is -2.49. The molecule has 1 aliphatic heterocycles. The molecule has 3 rings (SSSR count). The molecular formula is C17H15ClIN3O3. The summed E-state index contributed by atoms with van der Waals surface area (Å²) in [6, 6.07) is 12.1. The number of piperazine rings is 1. The Morgan fingerprint density at radius 1 is 1.08 bits per heavy atom. The fraction of sp³-hybridized carbons (Fsp3) is 0.235. The molecule has 1 fully saturated rings. The van der Waals surface area contributed by atoms with E-state index < -0.39 is 4.92 Å². The van der Waals surface area contributed by atoms with Crippen molar-refractivity contribution in [3.63, 3.8) is 0 Å². The Bertz CT molecular complexity index is 823. The van der Waals surface area contributed by atoms with Crippen LogP contribution in [0.5, 0.6) is 0 Å². The molecule has 0 radical (unpaired) electrons. The quantitative estimate of drug-likeness (QED) is 0.388. The number of para-hydroxylation sites is 1. The number of rotatable bonds is 3. The third-order valence-electron chi connectivity index (χ3n) is 4.15. The standard InChI is InChI=1S/C17H15ClIN3O3/c18-13-5-3-7-15(22(24)25)16(13)20-8-10-21(11-9-20)17(23)12-4-1-2-6-14(12)19/h1-7H,8-11H2. The van der Waals surface area contributed by atoms with Crippen molar-refractivity contribution in [2.45, 2.75) is 0 Å². The number of halogens is 2. The Morgan fingerprint density at radius 3 is 2.40 bits per heavy atom. The van der Waals surface area contributed by atoms with Crippen LogP contribution < -0.4 is 4.90 Å². The molecule has 0 N–H and O–H groups in total. The van der Waals surface area contributed by atoms with Crippen LogP contribution in [0.15, 0.2) is 42.5 Å². The molecule has 1 amide bonds. The number of hydrogen-bond donors (Lipinski definition) is 0. The predicted molar refractivity (Wildman–Crippen MR) is 105 cm³/mol. The highest BCUT2D eigenvalue weighted by atomic mass is 127. The van der Waals surface area contributed by atoms with E-state index in [0.29, 0.717) is 42.5 Å². The van der Waals surface area contributed by atoms with E-state index >= 15 is 0 Å². The van der Waals surface area contributed by atoms with Gasteiger partial charge in [0.1, 0.15) is 5.69 Å². The van der Waals surface area contributed by atoms with E-state index in [4.69, 9.17) is 11.6 Å². The normalized spacial score (nSPS) is 14.5. The summed E-state index contributed by atoms with van der Waals surface area (Å²) in [6.45, 7) is 1.98. The first-order valence-electron chi connectivity index (χ1n) is 7.70. The van der Waals surface area contributed by atoms with Gasteiger partial charge in [0.25, 0.3) is 11.6 Å². The average Bonchev–Trinajstić information content (AvgIpc) is 2.61. The second-order valence-electron chi connectivity index (χ2n) is 5.62. The average molecular weight is 472 g/mol. The van der Waals surface area contributed by atoms with Crippen LogP contribution in [0.4, 0.5) is 11.4 Å². The minimum absolute atomic E-state index is 0.00937. The smallest absolute Gasteiger partial charge is 0.294 e. The summed E-state index contributed by atoms with van der Waals surface area (Å²) in [5.41, 5.74) is 1.10. The van der Waals surface area contributed by atoms with Gasteiger partial charge in [-0.2, -0.15) is 0 Å². The number of hydrogen-bond acceptors (Lipinski definition) is 4. The molecule has 6 nitrogen and oxygen atoms in total. The van der Waals surface area contributed by atoms with Crippen molar-refractivity contribution in [1.29, 1.82) is 0 Å². The molecule has 0 spiro atoms. The number of nitro groups is 1. The molecule has 0 unspecified atom stereocenters. The first-order valence-corrected chi connectivity index (χ1v) is 9.16. The maximum absolute atomic E-state index is 12.7. The summed E-state index contributed by atoms with van der Waals surface area (Å²) >= 11 is 8.35. The number of carbonyl (C=O) groups is 1.